The molecule has 160 valence electrons. The summed E-state index contributed by atoms with van der Waals surface area (Å²) >= 11 is 0. The lowest BCUT2D eigenvalue weighted by atomic mass is 9.99. The Hall–Kier alpha value is -2.51. The Bertz CT molecular complexity index is 957. The SMILES string of the molecule is COC1CNC(C(=O)Nc2cc(C(CCC3CC3)n3ccccc3=O)ccc2F)C1. The minimum absolute atomic E-state index is 0.0197. The number of methoxy groups -OCH3 is 1. The van der Waals surface area contributed by atoms with Gasteiger partial charge in [0.1, 0.15) is 5.82 Å². The van der Waals surface area contributed by atoms with Gasteiger partial charge < -0.3 is 19.9 Å². The van der Waals surface area contributed by atoms with Crippen LogP contribution in [0.2, 0.25) is 0 Å². The molecule has 1 amide bonds. The van der Waals surface area contributed by atoms with Gasteiger partial charge in [-0.05, 0) is 48.9 Å². The van der Waals surface area contributed by atoms with Crippen LogP contribution >= 0.6 is 0 Å². The monoisotopic (exact) mass is 413 g/mol. The summed E-state index contributed by atoms with van der Waals surface area (Å²) in [6.07, 6.45) is 6.59. The summed E-state index contributed by atoms with van der Waals surface area (Å²) in [7, 11) is 1.61. The Labute approximate surface area is 175 Å². The first-order valence-electron chi connectivity index (χ1n) is 10.6. The van der Waals surface area contributed by atoms with E-state index < -0.39 is 11.9 Å². The number of amides is 1. The third-order valence-electron chi connectivity index (χ3n) is 6.11. The number of benzene rings is 1. The van der Waals surface area contributed by atoms with Crippen molar-refractivity contribution < 1.29 is 13.9 Å². The van der Waals surface area contributed by atoms with E-state index in [1.165, 1.54) is 25.0 Å². The maximum absolute atomic E-state index is 14.5. The van der Waals surface area contributed by atoms with Crippen molar-refractivity contribution in [3.05, 3.63) is 64.3 Å². The van der Waals surface area contributed by atoms with Crippen LogP contribution in [-0.2, 0) is 9.53 Å². The minimum atomic E-state index is -0.491. The number of ether oxygens (including phenoxy) is 1. The summed E-state index contributed by atoms with van der Waals surface area (Å²) in [4.78, 5) is 25.1. The van der Waals surface area contributed by atoms with E-state index in [0.29, 0.717) is 18.9 Å². The lowest BCUT2D eigenvalue weighted by Gasteiger charge is -2.21. The quantitative estimate of drug-likeness (QED) is 0.698. The van der Waals surface area contributed by atoms with E-state index in [0.717, 1.165) is 18.4 Å². The zero-order chi connectivity index (χ0) is 21.1. The summed E-state index contributed by atoms with van der Waals surface area (Å²) < 4.78 is 21.5. The first-order chi connectivity index (χ1) is 14.5. The van der Waals surface area contributed by atoms with Gasteiger partial charge in [-0.25, -0.2) is 4.39 Å². The number of hydrogen-bond donors (Lipinski definition) is 2. The number of carbonyl (C=O) groups is 1. The third kappa shape index (κ3) is 4.79. The largest absolute Gasteiger partial charge is 0.380 e. The highest BCUT2D eigenvalue weighted by Gasteiger charge is 2.30. The van der Waals surface area contributed by atoms with Crippen LogP contribution in [-0.4, -0.2) is 36.3 Å². The number of pyridine rings is 1. The number of halogens is 1. The van der Waals surface area contributed by atoms with Crippen LogP contribution in [0.4, 0.5) is 10.1 Å². The van der Waals surface area contributed by atoms with Crippen molar-refractivity contribution in [3.63, 3.8) is 0 Å². The molecule has 2 fully saturated rings. The van der Waals surface area contributed by atoms with Crippen molar-refractivity contribution >= 4 is 11.6 Å². The Kier molecular flexibility index (Phi) is 6.29. The molecule has 1 aliphatic carbocycles. The normalized spacial score (nSPS) is 22.1. The molecule has 1 aromatic carbocycles. The zero-order valence-corrected chi connectivity index (χ0v) is 17.1. The predicted octanol–water partition coefficient (Wildman–Crippen LogP) is 3.08. The van der Waals surface area contributed by atoms with Crippen molar-refractivity contribution in [2.75, 3.05) is 19.0 Å². The molecule has 7 heteroatoms. The molecule has 0 radical (unpaired) electrons. The summed E-state index contributed by atoms with van der Waals surface area (Å²) in [5.74, 6) is -0.0551. The molecule has 3 unspecified atom stereocenters. The van der Waals surface area contributed by atoms with Gasteiger partial charge in [-0.1, -0.05) is 25.0 Å². The number of nitrogens with zero attached hydrogens (tertiary/aromatic N) is 1. The summed E-state index contributed by atoms with van der Waals surface area (Å²) in [6.45, 7) is 0.595. The van der Waals surface area contributed by atoms with Crippen molar-refractivity contribution in [3.8, 4) is 0 Å². The Morgan fingerprint density at radius 2 is 2.17 bits per heavy atom. The summed E-state index contributed by atoms with van der Waals surface area (Å²) in [5, 5.41) is 5.82. The fraction of sp³-hybridized carbons (Fsp3) is 0.478. The Morgan fingerprint density at radius 3 is 2.87 bits per heavy atom. The van der Waals surface area contributed by atoms with Gasteiger partial charge in [0.15, 0.2) is 0 Å². The zero-order valence-electron chi connectivity index (χ0n) is 17.1. The van der Waals surface area contributed by atoms with E-state index in [1.807, 2.05) is 6.07 Å². The van der Waals surface area contributed by atoms with Crippen LogP contribution in [0.3, 0.4) is 0 Å². The molecule has 1 saturated heterocycles. The number of hydrogen-bond acceptors (Lipinski definition) is 4. The number of carbonyl (C=O) groups excluding carboxylic acids is 1. The maximum Gasteiger partial charge on any atom is 0.251 e. The molecule has 3 atom stereocenters. The van der Waals surface area contributed by atoms with E-state index in [4.69, 9.17) is 4.74 Å². The lowest BCUT2D eigenvalue weighted by molar-refractivity contribution is -0.118. The van der Waals surface area contributed by atoms with Crippen LogP contribution in [0.25, 0.3) is 0 Å². The van der Waals surface area contributed by atoms with Gasteiger partial charge in [-0.2, -0.15) is 0 Å². The molecule has 2 N–H and O–H groups in total. The van der Waals surface area contributed by atoms with E-state index >= 15 is 0 Å². The fourth-order valence-corrected chi connectivity index (χ4v) is 4.11. The van der Waals surface area contributed by atoms with Gasteiger partial charge >= 0.3 is 0 Å². The number of anilines is 1. The Balaban J connectivity index is 1.56. The van der Waals surface area contributed by atoms with Crippen LogP contribution in [0.5, 0.6) is 0 Å². The highest BCUT2D eigenvalue weighted by atomic mass is 19.1. The van der Waals surface area contributed by atoms with Crippen LogP contribution in [0.15, 0.2) is 47.4 Å². The molecular formula is C23H28FN3O3. The van der Waals surface area contributed by atoms with Gasteiger partial charge in [0.25, 0.3) is 5.56 Å². The highest BCUT2D eigenvalue weighted by Crippen LogP contribution is 2.37. The third-order valence-corrected chi connectivity index (χ3v) is 6.11. The second kappa shape index (κ2) is 9.10. The predicted molar refractivity (Wildman–Crippen MR) is 113 cm³/mol. The average molecular weight is 413 g/mol. The second-order valence-corrected chi connectivity index (χ2v) is 8.27. The van der Waals surface area contributed by atoms with Crippen molar-refractivity contribution in [1.29, 1.82) is 0 Å². The van der Waals surface area contributed by atoms with Gasteiger partial charge in [0.2, 0.25) is 5.91 Å². The summed E-state index contributed by atoms with van der Waals surface area (Å²) in [5.41, 5.74) is 0.865. The highest BCUT2D eigenvalue weighted by molar-refractivity contribution is 5.95. The second-order valence-electron chi connectivity index (χ2n) is 8.27. The Morgan fingerprint density at radius 1 is 1.33 bits per heavy atom. The first kappa shape index (κ1) is 20.8. The van der Waals surface area contributed by atoms with Crippen molar-refractivity contribution in [2.45, 2.75) is 50.3 Å². The molecular weight excluding hydrogens is 385 g/mol. The molecule has 1 aliphatic heterocycles. The van der Waals surface area contributed by atoms with Gasteiger partial charge in [-0.3, -0.25) is 9.59 Å². The molecule has 6 nitrogen and oxygen atoms in total. The standard InChI is InChI=1S/C23H28FN3O3/c1-30-17-13-20(25-14-17)23(29)26-19-12-16(8-9-18(19)24)21(10-7-15-5-6-15)27-11-3-2-4-22(27)28/h2-4,8-9,11-12,15,17,20-21,25H,5-7,10,13-14H2,1H3,(H,26,29). The van der Waals surface area contributed by atoms with Crippen molar-refractivity contribution in [2.24, 2.45) is 5.92 Å². The number of rotatable bonds is 8. The molecule has 4 rings (SSSR count). The molecule has 1 saturated carbocycles. The van der Waals surface area contributed by atoms with E-state index in [1.54, 1.807) is 36.1 Å². The number of aromatic nitrogens is 1. The average Bonchev–Trinajstić information content (AvgIpc) is 3.44. The summed E-state index contributed by atoms with van der Waals surface area (Å²) in [6, 6.07) is 9.20. The molecule has 2 heterocycles. The van der Waals surface area contributed by atoms with Crippen LogP contribution < -0.4 is 16.2 Å². The van der Waals surface area contributed by atoms with Crippen LogP contribution in [0.1, 0.15) is 43.7 Å². The maximum atomic E-state index is 14.5. The van der Waals surface area contributed by atoms with Gasteiger partial charge in [0, 0.05) is 25.9 Å². The van der Waals surface area contributed by atoms with E-state index in [9.17, 15) is 14.0 Å². The molecule has 30 heavy (non-hydrogen) atoms. The van der Waals surface area contributed by atoms with Gasteiger partial charge in [0.05, 0.1) is 23.9 Å². The van der Waals surface area contributed by atoms with Crippen LogP contribution in [0, 0.1) is 11.7 Å². The lowest BCUT2D eigenvalue weighted by Crippen LogP contribution is -2.35. The van der Waals surface area contributed by atoms with E-state index in [2.05, 4.69) is 10.6 Å². The molecule has 0 spiro atoms. The molecule has 2 aromatic rings. The fourth-order valence-electron chi connectivity index (χ4n) is 4.11. The molecule has 1 aromatic heterocycles. The van der Waals surface area contributed by atoms with E-state index in [-0.39, 0.29) is 29.3 Å². The first-order valence-corrected chi connectivity index (χ1v) is 10.6. The topological polar surface area (TPSA) is 72.4 Å². The van der Waals surface area contributed by atoms with Gasteiger partial charge in [-0.15, -0.1) is 0 Å². The molecule has 2 aliphatic rings. The smallest absolute Gasteiger partial charge is 0.251 e. The molecule has 0 bridgehead atoms. The van der Waals surface area contributed by atoms with Crippen molar-refractivity contribution in [1.82, 2.24) is 9.88 Å². The number of nitrogens with one attached hydrogen (secondary N) is 2. The minimum Gasteiger partial charge on any atom is -0.380 e.